The first-order chi connectivity index (χ1) is 12.7. The van der Waals surface area contributed by atoms with Crippen molar-refractivity contribution in [2.45, 2.75) is 71.3 Å². The summed E-state index contributed by atoms with van der Waals surface area (Å²) >= 11 is 0. The Morgan fingerprint density at radius 3 is 2.33 bits per heavy atom. The number of carboxylic acid groups (broad SMARTS) is 1. The maximum Gasteiger partial charge on any atom is 0.303 e. The van der Waals surface area contributed by atoms with E-state index in [2.05, 4.69) is 6.92 Å². The molecule has 2 aliphatic rings. The molecular formula is C20H31NO6. The second-order valence-electron chi connectivity index (χ2n) is 8.35. The van der Waals surface area contributed by atoms with Gasteiger partial charge in [-0.05, 0) is 43.9 Å². The minimum Gasteiger partial charge on any atom is -0.481 e. The van der Waals surface area contributed by atoms with E-state index in [1.807, 2.05) is 6.92 Å². The van der Waals surface area contributed by atoms with Crippen molar-refractivity contribution in [3.63, 3.8) is 0 Å². The quantitative estimate of drug-likeness (QED) is 0.491. The molecule has 1 saturated heterocycles. The second kappa shape index (κ2) is 9.44. The van der Waals surface area contributed by atoms with Gasteiger partial charge in [-0.25, -0.2) is 0 Å². The molecular weight excluding hydrogens is 350 g/mol. The van der Waals surface area contributed by atoms with Crippen LogP contribution in [0.2, 0.25) is 0 Å². The highest BCUT2D eigenvalue weighted by molar-refractivity contribution is 5.97. The second-order valence-corrected chi connectivity index (χ2v) is 8.35. The topological polar surface area (TPSA) is 112 Å². The van der Waals surface area contributed by atoms with E-state index in [0.717, 1.165) is 6.42 Å². The third-order valence-electron chi connectivity index (χ3n) is 5.85. The molecule has 0 spiro atoms. The van der Waals surface area contributed by atoms with Gasteiger partial charge in [0, 0.05) is 37.6 Å². The van der Waals surface area contributed by atoms with Gasteiger partial charge >= 0.3 is 5.97 Å². The van der Waals surface area contributed by atoms with E-state index < -0.39 is 18.0 Å². The molecule has 2 fully saturated rings. The summed E-state index contributed by atoms with van der Waals surface area (Å²) in [4.78, 5) is 48.7. The number of aliphatic hydroxyl groups is 1. The van der Waals surface area contributed by atoms with Crippen molar-refractivity contribution in [3.8, 4) is 0 Å². The number of carbonyl (C=O) groups is 4. The minimum atomic E-state index is -0.888. The van der Waals surface area contributed by atoms with E-state index in [9.17, 15) is 24.3 Å². The lowest BCUT2D eigenvalue weighted by molar-refractivity contribution is -0.150. The molecule has 0 aromatic rings. The molecule has 27 heavy (non-hydrogen) atoms. The number of ketones is 1. The molecule has 2 amide bonds. The molecule has 2 N–H and O–H groups in total. The van der Waals surface area contributed by atoms with Gasteiger partial charge in [0.15, 0.2) is 0 Å². The Bertz CT molecular complexity index is 571. The first-order valence-electron chi connectivity index (χ1n) is 9.95. The predicted octanol–water partition coefficient (Wildman–Crippen LogP) is 2.01. The molecule has 0 aromatic carbocycles. The highest BCUT2D eigenvalue weighted by Crippen LogP contribution is 2.35. The van der Waals surface area contributed by atoms with Crippen LogP contribution in [0.1, 0.15) is 65.2 Å². The lowest BCUT2D eigenvalue weighted by Crippen LogP contribution is -2.45. The van der Waals surface area contributed by atoms with Crippen molar-refractivity contribution >= 4 is 23.6 Å². The van der Waals surface area contributed by atoms with Gasteiger partial charge in [0.2, 0.25) is 11.8 Å². The maximum absolute atomic E-state index is 12.4. The van der Waals surface area contributed by atoms with Crippen molar-refractivity contribution in [1.82, 2.24) is 4.90 Å². The molecule has 1 heterocycles. The number of hydrogen-bond acceptors (Lipinski definition) is 5. The summed E-state index contributed by atoms with van der Waals surface area (Å²) in [6.45, 7) is 4.22. The van der Waals surface area contributed by atoms with Crippen LogP contribution in [0.5, 0.6) is 0 Å². The average Bonchev–Trinajstić information content (AvgIpc) is 2.56. The Morgan fingerprint density at radius 1 is 1.11 bits per heavy atom. The molecule has 152 valence electrons. The summed E-state index contributed by atoms with van der Waals surface area (Å²) in [5.74, 6) is -1.64. The number of imide groups is 1. The summed E-state index contributed by atoms with van der Waals surface area (Å²) in [5.41, 5.74) is 0. The number of Topliss-reactive ketones (excluding diaryl/α,β-unsaturated/α-hetero) is 1. The smallest absolute Gasteiger partial charge is 0.303 e. The molecule has 2 unspecified atom stereocenters. The van der Waals surface area contributed by atoms with Crippen molar-refractivity contribution in [2.75, 3.05) is 6.54 Å². The molecule has 1 aliphatic heterocycles. The van der Waals surface area contributed by atoms with Crippen molar-refractivity contribution < 1.29 is 29.4 Å². The molecule has 2 rings (SSSR count). The number of unbranched alkanes of at least 4 members (excludes halogenated alkanes) is 1. The normalized spacial score (nSPS) is 28.5. The van der Waals surface area contributed by atoms with E-state index in [4.69, 9.17) is 5.11 Å². The van der Waals surface area contributed by atoms with E-state index in [0.29, 0.717) is 31.6 Å². The van der Waals surface area contributed by atoms with E-state index in [1.54, 1.807) is 0 Å². The van der Waals surface area contributed by atoms with Gasteiger partial charge in [-0.3, -0.25) is 24.1 Å². The highest BCUT2D eigenvalue weighted by atomic mass is 16.4. The van der Waals surface area contributed by atoms with Crippen LogP contribution in [0.4, 0.5) is 0 Å². The number of amides is 2. The summed E-state index contributed by atoms with van der Waals surface area (Å²) in [7, 11) is 0. The van der Waals surface area contributed by atoms with Gasteiger partial charge in [-0.2, -0.15) is 0 Å². The number of piperidine rings is 1. The summed E-state index contributed by atoms with van der Waals surface area (Å²) < 4.78 is 0. The van der Waals surface area contributed by atoms with Gasteiger partial charge in [0.05, 0.1) is 6.10 Å². The number of hydrogen-bond donors (Lipinski definition) is 2. The summed E-state index contributed by atoms with van der Waals surface area (Å²) in [6, 6.07) is 0. The fourth-order valence-corrected chi connectivity index (χ4v) is 4.47. The Morgan fingerprint density at radius 2 is 1.74 bits per heavy atom. The van der Waals surface area contributed by atoms with Crippen molar-refractivity contribution in [1.29, 1.82) is 0 Å². The number of carbonyl (C=O) groups excluding carboxylic acids is 3. The Kier molecular flexibility index (Phi) is 7.53. The van der Waals surface area contributed by atoms with Gasteiger partial charge in [0.1, 0.15) is 5.78 Å². The fourth-order valence-electron chi connectivity index (χ4n) is 4.47. The Hall–Kier alpha value is -1.76. The Labute approximate surface area is 160 Å². The zero-order valence-corrected chi connectivity index (χ0v) is 16.2. The largest absolute Gasteiger partial charge is 0.481 e. The highest BCUT2D eigenvalue weighted by Gasteiger charge is 2.39. The van der Waals surface area contributed by atoms with Crippen LogP contribution in [-0.2, 0) is 19.2 Å². The van der Waals surface area contributed by atoms with Crippen LogP contribution in [-0.4, -0.2) is 51.3 Å². The van der Waals surface area contributed by atoms with Gasteiger partial charge < -0.3 is 10.2 Å². The molecule has 0 radical (unpaired) electrons. The molecule has 7 heteroatoms. The van der Waals surface area contributed by atoms with E-state index in [-0.39, 0.29) is 55.2 Å². The summed E-state index contributed by atoms with van der Waals surface area (Å²) in [5, 5.41) is 19.2. The number of aliphatic hydroxyl groups excluding tert-OH is 1. The maximum atomic E-state index is 12.4. The molecule has 0 bridgehead atoms. The van der Waals surface area contributed by atoms with Crippen LogP contribution in [0.15, 0.2) is 0 Å². The predicted molar refractivity (Wildman–Crippen MR) is 97.6 cm³/mol. The number of nitrogens with zero attached hydrogens (tertiary/aromatic N) is 1. The number of rotatable bonds is 8. The number of carboxylic acids is 1. The fraction of sp³-hybridized carbons (Fsp3) is 0.800. The lowest BCUT2D eigenvalue weighted by atomic mass is 9.71. The van der Waals surface area contributed by atoms with Crippen molar-refractivity contribution in [2.24, 2.45) is 23.7 Å². The number of likely N-dealkylation sites (tertiary alicyclic amines) is 1. The third-order valence-corrected chi connectivity index (χ3v) is 5.85. The standard InChI is InChI=1S/C20H31NO6/c1-12-7-13(2)20(27)15(8-12)16(22)9-14-10-17(23)21(18(24)11-14)6-4-3-5-19(25)26/h12-16,22H,3-11H2,1-2H3,(H,25,26)/t12-,13?,15?,16+/m0/s1. The number of aliphatic carboxylic acids is 1. The third kappa shape index (κ3) is 5.86. The Balaban J connectivity index is 1.85. The van der Waals surface area contributed by atoms with Crippen LogP contribution in [0.3, 0.4) is 0 Å². The van der Waals surface area contributed by atoms with Crippen LogP contribution >= 0.6 is 0 Å². The minimum absolute atomic E-state index is 0.0251. The zero-order chi connectivity index (χ0) is 20.1. The first-order valence-corrected chi connectivity index (χ1v) is 9.95. The summed E-state index contributed by atoms with van der Waals surface area (Å²) in [6.07, 6.45) is 2.29. The van der Waals surface area contributed by atoms with Crippen LogP contribution in [0.25, 0.3) is 0 Å². The average molecular weight is 381 g/mol. The molecule has 7 nitrogen and oxygen atoms in total. The molecule has 4 atom stereocenters. The van der Waals surface area contributed by atoms with Gasteiger partial charge in [-0.1, -0.05) is 13.8 Å². The van der Waals surface area contributed by atoms with Gasteiger partial charge in [-0.15, -0.1) is 0 Å². The van der Waals surface area contributed by atoms with Crippen molar-refractivity contribution in [3.05, 3.63) is 0 Å². The van der Waals surface area contributed by atoms with Gasteiger partial charge in [0.25, 0.3) is 0 Å². The zero-order valence-electron chi connectivity index (χ0n) is 16.2. The van der Waals surface area contributed by atoms with Crippen LogP contribution < -0.4 is 0 Å². The SMILES string of the molecule is CC1C[C@H](C)CC([C@H](O)CC2CC(=O)N(CCCCC(=O)O)C(=O)C2)C1=O. The van der Waals surface area contributed by atoms with E-state index >= 15 is 0 Å². The van der Waals surface area contributed by atoms with Crippen LogP contribution in [0, 0.1) is 23.7 Å². The van der Waals surface area contributed by atoms with E-state index in [1.165, 1.54) is 4.90 Å². The molecule has 1 aliphatic carbocycles. The molecule has 0 aromatic heterocycles. The first kappa shape index (κ1) is 21.5. The monoisotopic (exact) mass is 381 g/mol. The molecule has 1 saturated carbocycles. The lowest BCUT2D eigenvalue weighted by Gasteiger charge is -2.36.